The van der Waals surface area contributed by atoms with Gasteiger partial charge in [0.25, 0.3) is 5.91 Å². The highest BCUT2D eigenvalue weighted by atomic mass is 35.5. The Morgan fingerprint density at radius 2 is 1.71 bits per heavy atom. The molecule has 0 aliphatic heterocycles. The van der Waals surface area contributed by atoms with Crippen LogP contribution >= 0.6 is 37.2 Å². The molecule has 0 spiro atoms. The van der Waals surface area contributed by atoms with Crippen LogP contribution in [0.1, 0.15) is 10.4 Å². The van der Waals surface area contributed by atoms with Gasteiger partial charge in [0.2, 0.25) is 5.95 Å². The fraction of sp³-hybridized carbons (Fsp3) is 0.0435. The molecule has 9 nitrogen and oxygen atoms in total. The number of carbonyl (C=O) groups excluding carboxylic acids is 1. The third kappa shape index (κ3) is 7.75. The van der Waals surface area contributed by atoms with Crippen LogP contribution in [0.25, 0.3) is 0 Å². The number of nitrogens with one attached hydrogen (secondary N) is 3. The van der Waals surface area contributed by atoms with E-state index in [1.807, 2.05) is 0 Å². The zero-order chi connectivity index (χ0) is 24.9. The predicted octanol–water partition coefficient (Wildman–Crippen LogP) is 5.97. The van der Waals surface area contributed by atoms with E-state index in [4.69, 9.17) is 10.5 Å². The van der Waals surface area contributed by atoms with Crippen molar-refractivity contribution in [3.63, 3.8) is 0 Å². The quantitative estimate of drug-likeness (QED) is 0.207. The van der Waals surface area contributed by atoms with Crippen LogP contribution in [0.4, 0.5) is 42.1 Å². The highest BCUT2D eigenvalue weighted by Crippen LogP contribution is 2.29. The van der Waals surface area contributed by atoms with Gasteiger partial charge in [0.1, 0.15) is 34.6 Å². The van der Waals surface area contributed by atoms with Crippen LogP contribution in [0.5, 0.6) is 11.5 Å². The molecule has 0 aliphatic carbocycles. The van der Waals surface area contributed by atoms with Gasteiger partial charge in [-0.15, -0.1) is 37.2 Å². The molecule has 5 N–H and O–H groups in total. The van der Waals surface area contributed by atoms with Crippen LogP contribution in [0.15, 0.2) is 60.9 Å². The second-order valence-corrected chi connectivity index (χ2v) is 7.07. The SMILES string of the molecule is CNc1ncc(C(=O)Nc2ccc(F)cc2F)c(Nc2ccc(Oc3ccnc(N)c3)c(F)c2)n1.Cl.Cl.Cl. The van der Waals surface area contributed by atoms with Crippen molar-refractivity contribution in [1.82, 2.24) is 15.0 Å². The summed E-state index contributed by atoms with van der Waals surface area (Å²) in [6.45, 7) is 0. The lowest BCUT2D eigenvalue weighted by Crippen LogP contribution is -2.17. The maximum atomic E-state index is 14.7. The molecule has 0 aliphatic rings. The highest BCUT2D eigenvalue weighted by Gasteiger charge is 2.18. The Balaban J connectivity index is 0.00000241. The molecule has 0 fully saturated rings. The summed E-state index contributed by atoms with van der Waals surface area (Å²) < 4.78 is 47.3. The van der Waals surface area contributed by atoms with Crippen molar-refractivity contribution in [3.05, 3.63) is 83.9 Å². The lowest BCUT2D eigenvalue weighted by molar-refractivity contribution is 0.102. The van der Waals surface area contributed by atoms with Gasteiger partial charge >= 0.3 is 0 Å². The summed E-state index contributed by atoms with van der Waals surface area (Å²) in [6, 6.07) is 9.73. The molecule has 2 aromatic carbocycles. The average Bonchev–Trinajstić information content (AvgIpc) is 2.82. The Morgan fingerprint density at radius 1 is 0.947 bits per heavy atom. The summed E-state index contributed by atoms with van der Waals surface area (Å²) >= 11 is 0. The first-order chi connectivity index (χ1) is 16.8. The summed E-state index contributed by atoms with van der Waals surface area (Å²) in [7, 11) is 1.57. The maximum absolute atomic E-state index is 14.7. The topological polar surface area (TPSA) is 127 Å². The zero-order valence-corrected chi connectivity index (χ0v) is 21.8. The third-order valence-electron chi connectivity index (χ3n) is 4.61. The molecule has 0 unspecified atom stereocenters. The van der Waals surface area contributed by atoms with Crippen molar-refractivity contribution in [2.45, 2.75) is 0 Å². The Kier molecular flexibility index (Phi) is 11.9. The molecule has 4 rings (SSSR count). The van der Waals surface area contributed by atoms with Gasteiger partial charge in [0.05, 0.1) is 5.69 Å². The van der Waals surface area contributed by atoms with Crippen LogP contribution < -0.4 is 26.4 Å². The molecular weight excluding hydrogens is 570 g/mol. The average molecular weight is 591 g/mol. The smallest absolute Gasteiger partial charge is 0.261 e. The lowest BCUT2D eigenvalue weighted by atomic mass is 10.2. The minimum absolute atomic E-state index is 0. The molecule has 1 amide bonds. The molecule has 38 heavy (non-hydrogen) atoms. The fourth-order valence-corrected chi connectivity index (χ4v) is 2.96. The first-order valence-corrected chi connectivity index (χ1v) is 10.1. The van der Waals surface area contributed by atoms with Crippen molar-refractivity contribution in [1.29, 1.82) is 0 Å². The van der Waals surface area contributed by atoms with Crippen molar-refractivity contribution in [2.24, 2.45) is 0 Å². The van der Waals surface area contributed by atoms with Crippen LogP contribution in [-0.4, -0.2) is 27.9 Å². The largest absolute Gasteiger partial charge is 0.454 e. The number of nitrogens with two attached hydrogens (primary N) is 1. The number of nitrogens with zero attached hydrogens (tertiary/aromatic N) is 3. The Hall–Kier alpha value is -4.00. The normalized spacial score (nSPS) is 9.68. The van der Waals surface area contributed by atoms with E-state index in [-0.39, 0.29) is 77.5 Å². The van der Waals surface area contributed by atoms with E-state index in [0.717, 1.165) is 18.2 Å². The molecule has 0 bridgehead atoms. The van der Waals surface area contributed by atoms with Gasteiger partial charge < -0.3 is 26.4 Å². The number of nitrogen functional groups attached to an aromatic ring is 1. The molecule has 0 saturated heterocycles. The molecule has 0 atom stereocenters. The third-order valence-corrected chi connectivity index (χ3v) is 4.61. The van der Waals surface area contributed by atoms with Gasteiger partial charge in [0, 0.05) is 43.3 Å². The van der Waals surface area contributed by atoms with E-state index in [0.29, 0.717) is 11.8 Å². The standard InChI is InChI=1S/C23H18F3N7O2.3ClH/c1-28-23-30-11-15(22(34)32-18-4-2-12(24)8-16(18)25)21(33-23)31-13-3-5-19(17(26)9-13)35-14-6-7-29-20(27)10-14;;;/h2-11H,1H3,(H2,27,29)(H,32,34)(H2,28,30,31,33);3*1H. The van der Waals surface area contributed by atoms with Gasteiger partial charge in [-0.25, -0.2) is 23.1 Å². The van der Waals surface area contributed by atoms with Crippen molar-refractivity contribution < 1.29 is 22.7 Å². The zero-order valence-electron chi connectivity index (χ0n) is 19.4. The Morgan fingerprint density at radius 3 is 2.37 bits per heavy atom. The van der Waals surface area contributed by atoms with E-state index in [1.54, 1.807) is 7.05 Å². The van der Waals surface area contributed by atoms with E-state index in [1.165, 1.54) is 36.7 Å². The molecule has 0 radical (unpaired) electrons. The molecular formula is C23H21Cl3F3N7O2. The first-order valence-electron chi connectivity index (χ1n) is 10.1. The lowest BCUT2D eigenvalue weighted by Gasteiger charge is -2.14. The van der Waals surface area contributed by atoms with Crippen LogP contribution in [0, 0.1) is 17.5 Å². The number of rotatable bonds is 7. The number of hydrogen-bond acceptors (Lipinski definition) is 8. The van der Waals surface area contributed by atoms with Crippen molar-refractivity contribution in [2.75, 3.05) is 28.7 Å². The summed E-state index contributed by atoms with van der Waals surface area (Å²) in [5.74, 6) is -2.56. The number of amides is 1. The van der Waals surface area contributed by atoms with E-state index >= 15 is 0 Å². The summed E-state index contributed by atoms with van der Waals surface area (Å²) in [5, 5.41) is 7.92. The number of anilines is 5. The van der Waals surface area contributed by atoms with Crippen molar-refractivity contribution in [3.8, 4) is 11.5 Å². The monoisotopic (exact) mass is 589 g/mol. The molecule has 0 saturated carbocycles. The fourth-order valence-electron chi connectivity index (χ4n) is 2.96. The number of aromatic nitrogens is 3. The predicted molar refractivity (Wildman–Crippen MR) is 146 cm³/mol. The highest BCUT2D eigenvalue weighted by molar-refractivity contribution is 6.07. The van der Waals surface area contributed by atoms with Gasteiger partial charge in [-0.2, -0.15) is 4.98 Å². The van der Waals surface area contributed by atoms with Crippen LogP contribution in [-0.2, 0) is 0 Å². The number of carbonyl (C=O) groups is 1. The maximum Gasteiger partial charge on any atom is 0.261 e. The number of benzene rings is 2. The number of pyridine rings is 1. The van der Waals surface area contributed by atoms with E-state index < -0.39 is 23.4 Å². The van der Waals surface area contributed by atoms with Gasteiger partial charge in [-0.1, -0.05) is 0 Å². The molecule has 15 heteroatoms. The van der Waals surface area contributed by atoms with Crippen LogP contribution in [0.2, 0.25) is 0 Å². The molecule has 2 aromatic heterocycles. The summed E-state index contributed by atoms with van der Waals surface area (Å²) in [6.07, 6.45) is 2.64. The number of ether oxygens (including phenoxy) is 1. The van der Waals surface area contributed by atoms with Gasteiger partial charge in [-0.3, -0.25) is 4.79 Å². The van der Waals surface area contributed by atoms with E-state index in [2.05, 4.69) is 30.9 Å². The molecule has 202 valence electrons. The molecule has 2 heterocycles. The number of halogens is 6. The Bertz CT molecular complexity index is 1420. The molecule has 4 aromatic rings. The van der Waals surface area contributed by atoms with Crippen molar-refractivity contribution >= 4 is 72.1 Å². The van der Waals surface area contributed by atoms with Gasteiger partial charge in [-0.05, 0) is 30.3 Å². The first kappa shape index (κ1) is 32.0. The van der Waals surface area contributed by atoms with E-state index in [9.17, 15) is 18.0 Å². The van der Waals surface area contributed by atoms with Gasteiger partial charge in [0.15, 0.2) is 11.6 Å². The summed E-state index contributed by atoms with van der Waals surface area (Å²) in [5.41, 5.74) is 5.55. The van der Waals surface area contributed by atoms with Crippen LogP contribution in [0.3, 0.4) is 0 Å². The Labute approximate surface area is 233 Å². The second kappa shape index (κ2) is 14.1. The second-order valence-electron chi connectivity index (χ2n) is 7.07. The summed E-state index contributed by atoms with van der Waals surface area (Å²) in [4.78, 5) is 24.8. The minimum atomic E-state index is -0.950. The minimum Gasteiger partial charge on any atom is -0.454 e. The number of hydrogen-bond donors (Lipinski definition) is 4.